The molecule has 6 nitrogen and oxygen atoms in total. The molecular formula is C9H16ClN5O. The fraction of sp³-hybridized carbons (Fsp3) is 0.667. The molecule has 1 heterocycles. The van der Waals surface area contributed by atoms with E-state index < -0.39 is 0 Å². The van der Waals surface area contributed by atoms with Crippen LogP contribution in [-0.2, 0) is 4.74 Å². The van der Waals surface area contributed by atoms with Crippen molar-refractivity contribution in [3.8, 4) is 0 Å². The summed E-state index contributed by atoms with van der Waals surface area (Å²) in [7, 11) is 1.65. The highest BCUT2D eigenvalue weighted by Crippen LogP contribution is 2.14. The third-order valence-corrected chi connectivity index (χ3v) is 2.32. The SMILES string of the molecule is CCN(c1nc(N)nc(Cl)n1)C(C)COC. The van der Waals surface area contributed by atoms with Crippen LogP contribution in [-0.4, -0.2) is 41.3 Å². The largest absolute Gasteiger partial charge is 0.383 e. The lowest BCUT2D eigenvalue weighted by Crippen LogP contribution is -2.37. The van der Waals surface area contributed by atoms with E-state index in [1.807, 2.05) is 18.7 Å². The van der Waals surface area contributed by atoms with Gasteiger partial charge in [0, 0.05) is 13.7 Å². The molecule has 2 N–H and O–H groups in total. The van der Waals surface area contributed by atoms with Crippen LogP contribution in [0.25, 0.3) is 0 Å². The monoisotopic (exact) mass is 245 g/mol. The Morgan fingerprint density at radius 3 is 2.62 bits per heavy atom. The molecule has 1 aromatic heterocycles. The van der Waals surface area contributed by atoms with Crippen LogP contribution in [0.15, 0.2) is 0 Å². The first-order valence-electron chi connectivity index (χ1n) is 5.01. The maximum Gasteiger partial charge on any atom is 0.231 e. The minimum absolute atomic E-state index is 0.102. The number of anilines is 2. The topological polar surface area (TPSA) is 77.2 Å². The lowest BCUT2D eigenvalue weighted by atomic mass is 10.3. The highest BCUT2D eigenvalue weighted by atomic mass is 35.5. The zero-order valence-electron chi connectivity index (χ0n) is 9.64. The molecule has 7 heteroatoms. The third-order valence-electron chi connectivity index (χ3n) is 2.15. The second kappa shape index (κ2) is 5.81. The van der Waals surface area contributed by atoms with Gasteiger partial charge in [0.2, 0.25) is 17.2 Å². The quantitative estimate of drug-likeness (QED) is 0.833. The van der Waals surface area contributed by atoms with Gasteiger partial charge in [0.25, 0.3) is 0 Å². The van der Waals surface area contributed by atoms with E-state index in [2.05, 4.69) is 15.0 Å². The Labute approximate surface area is 99.8 Å². The van der Waals surface area contributed by atoms with Crippen LogP contribution in [0.3, 0.4) is 0 Å². The van der Waals surface area contributed by atoms with Crippen molar-refractivity contribution >= 4 is 23.5 Å². The van der Waals surface area contributed by atoms with Crippen LogP contribution in [0.1, 0.15) is 13.8 Å². The van der Waals surface area contributed by atoms with Gasteiger partial charge in [0.1, 0.15) is 0 Å². The number of methoxy groups -OCH3 is 1. The minimum Gasteiger partial charge on any atom is -0.383 e. The lowest BCUT2D eigenvalue weighted by Gasteiger charge is -2.27. The molecule has 0 aliphatic rings. The Morgan fingerprint density at radius 2 is 2.12 bits per heavy atom. The highest BCUT2D eigenvalue weighted by molar-refractivity contribution is 6.28. The molecule has 0 radical (unpaired) electrons. The van der Waals surface area contributed by atoms with E-state index in [4.69, 9.17) is 22.1 Å². The Bertz CT molecular complexity index is 328. The molecule has 1 unspecified atom stereocenters. The van der Waals surface area contributed by atoms with Crippen molar-refractivity contribution in [2.75, 3.05) is 30.9 Å². The van der Waals surface area contributed by atoms with Crippen molar-refractivity contribution < 1.29 is 4.74 Å². The highest BCUT2D eigenvalue weighted by Gasteiger charge is 2.16. The number of ether oxygens (including phenoxy) is 1. The van der Waals surface area contributed by atoms with Gasteiger partial charge < -0.3 is 15.4 Å². The molecule has 90 valence electrons. The van der Waals surface area contributed by atoms with E-state index in [9.17, 15) is 0 Å². The first kappa shape index (κ1) is 12.9. The number of hydrogen-bond donors (Lipinski definition) is 1. The van der Waals surface area contributed by atoms with Gasteiger partial charge in [-0.2, -0.15) is 15.0 Å². The van der Waals surface area contributed by atoms with E-state index in [-0.39, 0.29) is 17.3 Å². The molecule has 0 fully saturated rings. The molecule has 0 aliphatic heterocycles. The van der Waals surface area contributed by atoms with Crippen molar-refractivity contribution in [3.05, 3.63) is 5.28 Å². The van der Waals surface area contributed by atoms with Crippen molar-refractivity contribution in [3.63, 3.8) is 0 Å². The van der Waals surface area contributed by atoms with Crippen LogP contribution < -0.4 is 10.6 Å². The fourth-order valence-corrected chi connectivity index (χ4v) is 1.63. The molecule has 0 aliphatic carbocycles. The number of aromatic nitrogens is 3. The van der Waals surface area contributed by atoms with Crippen molar-refractivity contribution in [1.82, 2.24) is 15.0 Å². The van der Waals surface area contributed by atoms with Crippen LogP contribution >= 0.6 is 11.6 Å². The standard InChI is InChI=1S/C9H16ClN5O/c1-4-15(6(2)5-16-3)9-13-7(10)12-8(11)14-9/h6H,4-5H2,1-3H3,(H2,11,12,13,14). The molecule has 1 aromatic rings. The molecule has 1 rings (SSSR count). The first-order valence-corrected chi connectivity index (χ1v) is 5.38. The van der Waals surface area contributed by atoms with Gasteiger partial charge >= 0.3 is 0 Å². The summed E-state index contributed by atoms with van der Waals surface area (Å²) in [6, 6.07) is 0.146. The smallest absolute Gasteiger partial charge is 0.231 e. The van der Waals surface area contributed by atoms with Gasteiger partial charge in [-0.05, 0) is 25.4 Å². The molecule has 0 aromatic carbocycles. The molecule has 1 atom stereocenters. The second-order valence-electron chi connectivity index (χ2n) is 3.35. The summed E-state index contributed by atoms with van der Waals surface area (Å²) in [5.74, 6) is 0.600. The summed E-state index contributed by atoms with van der Waals surface area (Å²) >= 11 is 5.73. The minimum atomic E-state index is 0.102. The zero-order chi connectivity index (χ0) is 12.1. The van der Waals surface area contributed by atoms with E-state index >= 15 is 0 Å². The lowest BCUT2D eigenvalue weighted by molar-refractivity contribution is 0.181. The Kier molecular flexibility index (Phi) is 4.70. The van der Waals surface area contributed by atoms with Gasteiger partial charge in [0.15, 0.2) is 0 Å². The Balaban J connectivity index is 2.94. The summed E-state index contributed by atoms with van der Waals surface area (Å²) in [4.78, 5) is 13.8. The van der Waals surface area contributed by atoms with E-state index in [1.54, 1.807) is 7.11 Å². The van der Waals surface area contributed by atoms with E-state index in [0.717, 1.165) is 6.54 Å². The molecule has 16 heavy (non-hydrogen) atoms. The van der Waals surface area contributed by atoms with Gasteiger partial charge in [-0.25, -0.2) is 0 Å². The summed E-state index contributed by atoms with van der Waals surface area (Å²) in [5, 5.41) is 0.102. The number of likely N-dealkylation sites (N-methyl/N-ethyl adjacent to an activating group) is 1. The Morgan fingerprint density at radius 1 is 1.44 bits per heavy atom. The van der Waals surface area contributed by atoms with Crippen LogP contribution in [0.2, 0.25) is 5.28 Å². The van der Waals surface area contributed by atoms with Gasteiger partial charge in [0.05, 0.1) is 12.6 Å². The number of hydrogen-bond acceptors (Lipinski definition) is 6. The van der Waals surface area contributed by atoms with Crippen molar-refractivity contribution in [2.24, 2.45) is 0 Å². The molecule has 0 spiro atoms. The van der Waals surface area contributed by atoms with Gasteiger partial charge in [-0.15, -0.1) is 0 Å². The zero-order valence-corrected chi connectivity index (χ0v) is 10.4. The summed E-state index contributed by atoms with van der Waals surface area (Å²) in [6.07, 6.45) is 0. The first-order chi connectivity index (χ1) is 7.58. The van der Waals surface area contributed by atoms with Crippen LogP contribution in [0, 0.1) is 0 Å². The summed E-state index contributed by atoms with van der Waals surface area (Å²) in [5.41, 5.74) is 5.52. The molecule has 0 saturated heterocycles. The van der Waals surface area contributed by atoms with Crippen LogP contribution in [0.5, 0.6) is 0 Å². The van der Waals surface area contributed by atoms with Crippen molar-refractivity contribution in [2.45, 2.75) is 19.9 Å². The number of nitrogens with zero attached hydrogens (tertiary/aromatic N) is 4. The summed E-state index contributed by atoms with van der Waals surface area (Å²) < 4.78 is 5.09. The van der Waals surface area contributed by atoms with Gasteiger partial charge in [-0.3, -0.25) is 0 Å². The maximum absolute atomic E-state index is 5.73. The third kappa shape index (κ3) is 3.18. The van der Waals surface area contributed by atoms with Crippen molar-refractivity contribution in [1.29, 1.82) is 0 Å². The van der Waals surface area contributed by atoms with E-state index in [1.165, 1.54) is 0 Å². The molecule has 0 bridgehead atoms. The Hall–Kier alpha value is -1.14. The molecule has 0 saturated carbocycles. The van der Waals surface area contributed by atoms with Crippen LogP contribution in [0.4, 0.5) is 11.9 Å². The second-order valence-corrected chi connectivity index (χ2v) is 3.69. The fourth-order valence-electron chi connectivity index (χ4n) is 1.46. The average Bonchev–Trinajstić information content (AvgIpc) is 2.17. The van der Waals surface area contributed by atoms with E-state index in [0.29, 0.717) is 12.6 Å². The average molecular weight is 246 g/mol. The molecule has 0 amide bonds. The number of nitrogen functional groups attached to an aromatic ring is 1. The number of rotatable bonds is 5. The predicted molar refractivity (Wildman–Crippen MR) is 63.6 cm³/mol. The maximum atomic E-state index is 5.73. The predicted octanol–water partition coefficient (Wildman–Crippen LogP) is 0.968. The summed E-state index contributed by atoms with van der Waals surface area (Å²) in [6.45, 7) is 5.34. The number of nitrogens with two attached hydrogens (primary N) is 1. The van der Waals surface area contributed by atoms with Gasteiger partial charge in [-0.1, -0.05) is 0 Å². The normalized spacial score (nSPS) is 12.5. The molecular weight excluding hydrogens is 230 g/mol. The number of halogens is 1.